The van der Waals surface area contributed by atoms with Crippen LogP contribution in [0.3, 0.4) is 0 Å². The molecule has 136 valence electrons. The summed E-state index contributed by atoms with van der Waals surface area (Å²) in [5, 5.41) is 8.05. The molecule has 9 heteroatoms. The normalized spacial score (nSPS) is 11.1. The first-order valence-corrected chi connectivity index (χ1v) is 8.12. The Morgan fingerprint density at radius 1 is 1.11 bits per heavy atom. The minimum Gasteiger partial charge on any atom is -0.368 e. The lowest BCUT2D eigenvalue weighted by Crippen LogP contribution is -2.09. The average molecular weight is 367 g/mol. The van der Waals surface area contributed by atoms with Crippen LogP contribution in [0.15, 0.2) is 42.6 Å². The molecule has 27 heavy (non-hydrogen) atoms. The van der Waals surface area contributed by atoms with E-state index in [1.807, 2.05) is 25.2 Å². The van der Waals surface area contributed by atoms with E-state index in [1.165, 1.54) is 12.1 Å². The minimum absolute atomic E-state index is 0.00719. The number of hydrogen-bond donors (Lipinski definition) is 2. The summed E-state index contributed by atoms with van der Waals surface area (Å²) in [6, 6.07) is 9.64. The van der Waals surface area contributed by atoms with Gasteiger partial charge in [0, 0.05) is 30.1 Å². The van der Waals surface area contributed by atoms with Crippen LogP contribution in [0, 0.1) is 11.6 Å². The van der Waals surface area contributed by atoms with Gasteiger partial charge >= 0.3 is 0 Å². The van der Waals surface area contributed by atoms with Gasteiger partial charge in [0.1, 0.15) is 0 Å². The number of aryl methyl sites for hydroxylation is 1. The summed E-state index contributed by atoms with van der Waals surface area (Å²) in [6.45, 7) is 0.00719. The fraction of sp³-hybridized carbons (Fsp3) is 0.111. The van der Waals surface area contributed by atoms with Crippen molar-refractivity contribution < 1.29 is 8.78 Å². The standard InChI is InChI=1S/C18H15F2N7/c1-27-14-7-10(5-6-11(14)9-23-27)16-24-17(21)26-18(25-16)22-8-12-3-2-4-13(19)15(12)20/h2-7,9H,8H2,1H3,(H3,21,22,24,25,26). The molecule has 0 unspecified atom stereocenters. The topological polar surface area (TPSA) is 94.5 Å². The second kappa shape index (κ2) is 6.60. The number of hydrogen-bond acceptors (Lipinski definition) is 6. The number of nitrogens with two attached hydrogens (primary N) is 1. The number of nitrogens with one attached hydrogen (secondary N) is 1. The summed E-state index contributed by atoms with van der Waals surface area (Å²) >= 11 is 0. The molecule has 2 aromatic heterocycles. The molecule has 4 aromatic rings. The Morgan fingerprint density at radius 3 is 2.81 bits per heavy atom. The molecular weight excluding hydrogens is 352 g/mol. The quantitative estimate of drug-likeness (QED) is 0.576. The van der Waals surface area contributed by atoms with E-state index < -0.39 is 11.6 Å². The molecule has 2 heterocycles. The van der Waals surface area contributed by atoms with Crippen molar-refractivity contribution in [2.75, 3.05) is 11.1 Å². The average Bonchev–Trinajstić information content (AvgIpc) is 3.03. The van der Waals surface area contributed by atoms with Crippen molar-refractivity contribution in [3.63, 3.8) is 0 Å². The monoisotopic (exact) mass is 367 g/mol. The van der Waals surface area contributed by atoms with Gasteiger partial charge in [-0.1, -0.05) is 24.3 Å². The summed E-state index contributed by atoms with van der Waals surface area (Å²) in [5.74, 6) is -1.25. The van der Waals surface area contributed by atoms with E-state index in [9.17, 15) is 8.78 Å². The Kier molecular flexibility index (Phi) is 4.11. The van der Waals surface area contributed by atoms with Gasteiger partial charge < -0.3 is 11.1 Å². The van der Waals surface area contributed by atoms with Crippen LogP contribution in [0.25, 0.3) is 22.3 Å². The zero-order valence-electron chi connectivity index (χ0n) is 14.3. The maximum atomic E-state index is 13.8. The lowest BCUT2D eigenvalue weighted by Gasteiger charge is -2.09. The molecule has 0 aliphatic carbocycles. The van der Waals surface area contributed by atoms with Crippen LogP contribution >= 0.6 is 0 Å². The van der Waals surface area contributed by atoms with Crippen LogP contribution in [-0.2, 0) is 13.6 Å². The summed E-state index contributed by atoms with van der Waals surface area (Å²) in [6.07, 6.45) is 1.77. The van der Waals surface area contributed by atoms with E-state index in [-0.39, 0.29) is 24.0 Å². The van der Waals surface area contributed by atoms with Crippen LogP contribution in [0.4, 0.5) is 20.7 Å². The molecule has 0 aliphatic heterocycles. The number of nitrogen functional groups attached to an aromatic ring is 1. The fourth-order valence-electron chi connectivity index (χ4n) is 2.74. The molecule has 0 aliphatic rings. The molecule has 0 amide bonds. The summed E-state index contributed by atoms with van der Waals surface area (Å²) in [7, 11) is 1.84. The number of anilines is 2. The van der Waals surface area contributed by atoms with Gasteiger partial charge in [-0.15, -0.1) is 0 Å². The van der Waals surface area contributed by atoms with Gasteiger partial charge in [0.05, 0.1) is 11.7 Å². The van der Waals surface area contributed by atoms with Gasteiger partial charge in [-0.25, -0.2) is 8.78 Å². The smallest absolute Gasteiger partial charge is 0.228 e. The van der Waals surface area contributed by atoms with Crippen molar-refractivity contribution >= 4 is 22.8 Å². The maximum Gasteiger partial charge on any atom is 0.228 e. The molecule has 0 saturated heterocycles. The van der Waals surface area contributed by atoms with Crippen molar-refractivity contribution in [2.24, 2.45) is 7.05 Å². The number of halogens is 2. The number of fused-ring (bicyclic) bond motifs is 1. The molecular formula is C18H15F2N7. The van der Waals surface area contributed by atoms with Crippen LogP contribution in [0.1, 0.15) is 5.56 Å². The first-order valence-electron chi connectivity index (χ1n) is 8.12. The first kappa shape index (κ1) is 16.8. The molecule has 7 nitrogen and oxygen atoms in total. The molecule has 3 N–H and O–H groups in total. The van der Waals surface area contributed by atoms with Crippen molar-refractivity contribution in [1.29, 1.82) is 0 Å². The Morgan fingerprint density at radius 2 is 1.96 bits per heavy atom. The Labute approximate surface area is 152 Å². The first-order chi connectivity index (χ1) is 13.0. The molecule has 0 atom stereocenters. The summed E-state index contributed by atoms with van der Waals surface area (Å²) in [5.41, 5.74) is 7.60. The van der Waals surface area contributed by atoms with Crippen molar-refractivity contribution in [3.05, 3.63) is 59.8 Å². The molecule has 4 rings (SSSR count). The molecule has 0 fully saturated rings. The third kappa shape index (κ3) is 3.26. The zero-order chi connectivity index (χ0) is 19.0. The maximum absolute atomic E-state index is 13.8. The second-order valence-electron chi connectivity index (χ2n) is 5.95. The highest BCUT2D eigenvalue weighted by Crippen LogP contribution is 2.23. The van der Waals surface area contributed by atoms with Gasteiger partial charge in [-0.3, -0.25) is 4.68 Å². The van der Waals surface area contributed by atoms with Crippen molar-refractivity contribution in [1.82, 2.24) is 24.7 Å². The molecule has 0 spiro atoms. The Hall–Kier alpha value is -3.62. The lowest BCUT2D eigenvalue weighted by atomic mass is 10.1. The van der Waals surface area contributed by atoms with Gasteiger partial charge in [-0.05, 0) is 12.1 Å². The highest BCUT2D eigenvalue weighted by Gasteiger charge is 2.11. The van der Waals surface area contributed by atoms with E-state index in [4.69, 9.17) is 5.73 Å². The van der Waals surface area contributed by atoms with Gasteiger partial charge in [0.25, 0.3) is 0 Å². The van der Waals surface area contributed by atoms with Gasteiger partial charge in [-0.2, -0.15) is 20.1 Å². The highest BCUT2D eigenvalue weighted by atomic mass is 19.2. The third-order valence-electron chi connectivity index (χ3n) is 4.13. The SMILES string of the molecule is Cn1ncc2ccc(-c3nc(N)nc(NCc4cccc(F)c4F)n3)cc21. The highest BCUT2D eigenvalue weighted by molar-refractivity contribution is 5.83. The van der Waals surface area contributed by atoms with E-state index in [2.05, 4.69) is 25.4 Å². The number of benzene rings is 2. The second-order valence-corrected chi connectivity index (χ2v) is 5.95. The van der Waals surface area contributed by atoms with E-state index in [0.717, 1.165) is 22.5 Å². The molecule has 2 aromatic carbocycles. The molecule has 0 radical (unpaired) electrons. The van der Waals surface area contributed by atoms with Crippen LogP contribution in [-0.4, -0.2) is 24.7 Å². The molecule has 0 saturated carbocycles. The van der Waals surface area contributed by atoms with E-state index >= 15 is 0 Å². The Bertz CT molecular complexity index is 1140. The molecule has 0 bridgehead atoms. The third-order valence-corrected chi connectivity index (χ3v) is 4.13. The number of nitrogens with zero attached hydrogens (tertiary/aromatic N) is 5. The summed E-state index contributed by atoms with van der Waals surface area (Å²) in [4.78, 5) is 12.5. The van der Waals surface area contributed by atoms with Crippen molar-refractivity contribution in [3.8, 4) is 11.4 Å². The predicted octanol–water partition coefficient (Wildman–Crippen LogP) is 2.90. The van der Waals surface area contributed by atoms with E-state index in [1.54, 1.807) is 10.9 Å². The van der Waals surface area contributed by atoms with Gasteiger partial charge in [0.15, 0.2) is 17.5 Å². The van der Waals surface area contributed by atoms with Crippen molar-refractivity contribution in [2.45, 2.75) is 6.54 Å². The number of aromatic nitrogens is 5. The Balaban J connectivity index is 1.64. The van der Waals surface area contributed by atoms with Crippen LogP contribution < -0.4 is 11.1 Å². The predicted molar refractivity (Wildman–Crippen MR) is 97.6 cm³/mol. The minimum atomic E-state index is -0.908. The van der Waals surface area contributed by atoms with Gasteiger partial charge in [0.2, 0.25) is 11.9 Å². The fourth-order valence-corrected chi connectivity index (χ4v) is 2.74. The largest absolute Gasteiger partial charge is 0.368 e. The lowest BCUT2D eigenvalue weighted by molar-refractivity contribution is 0.500. The van der Waals surface area contributed by atoms with E-state index in [0.29, 0.717) is 5.82 Å². The van der Waals surface area contributed by atoms with Crippen LogP contribution in [0.2, 0.25) is 0 Å². The number of rotatable bonds is 4. The zero-order valence-corrected chi connectivity index (χ0v) is 14.3. The summed E-state index contributed by atoms with van der Waals surface area (Å²) < 4.78 is 28.8. The van der Waals surface area contributed by atoms with Crippen LogP contribution in [0.5, 0.6) is 0 Å².